The van der Waals surface area contributed by atoms with E-state index in [2.05, 4.69) is 5.32 Å². The normalized spacial score (nSPS) is 12.5. The van der Waals surface area contributed by atoms with Gasteiger partial charge in [-0.25, -0.2) is 0 Å². The first kappa shape index (κ1) is 14.3. The zero-order valence-corrected chi connectivity index (χ0v) is 11.1. The maximum atomic E-state index is 9.04. The van der Waals surface area contributed by atoms with Crippen molar-refractivity contribution < 1.29 is 9.84 Å². The van der Waals surface area contributed by atoms with Gasteiger partial charge < -0.3 is 15.2 Å². The van der Waals surface area contributed by atoms with E-state index in [-0.39, 0.29) is 6.10 Å². The van der Waals surface area contributed by atoms with Crippen LogP contribution in [0.1, 0.15) is 18.9 Å². The number of aliphatic hydroxyl groups excluding tert-OH is 1. The minimum atomic E-state index is -0.296. The lowest BCUT2D eigenvalue weighted by Gasteiger charge is -2.09. The van der Waals surface area contributed by atoms with E-state index in [1.807, 2.05) is 25.1 Å². The van der Waals surface area contributed by atoms with Crippen molar-refractivity contribution in [2.75, 3.05) is 19.7 Å². The van der Waals surface area contributed by atoms with Gasteiger partial charge in [0.15, 0.2) is 0 Å². The van der Waals surface area contributed by atoms with Gasteiger partial charge in [0.2, 0.25) is 0 Å². The summed E-state index contributed by atoms with van der Waals surface area (Å²) in [5, 5.41) is 12.9. The van der Waals surface area contributed by atoms with Crippen LogP contribution in [0.15, 0.2) is 18.2 Å². The van der Waals surface area contributed by atoms with Crippen molar-refractivity contribution in [2.24, 2.45) is 0 Å². The molecule has 1 aromatic rings. The number of rotatable bonds is 7. The Morgan fingerprint density at radius 3 is 2.88 bits per heavy atom. The quantitative estimate of drug-likeness (QED) is 0.737. The van der Waals surface area contributed by atoms with E-state index in [4.69, 9.17) is 21.4 Å². The molecule has 4 heteroatoms. The van der Waals surface area contributed by atoms with E-state index in [1.165, 1.54) is 0 Å². The highest BCUT2D eigenvalue weighted by Gasteiger charge is 1.98. The zero-order valence-electron chi connectivity index (χ0n) is 10.4. The predicted octanol–water partition coefficient (Wildman–Crippen LogP) is 2.39. The highest BCUT2D eigenvalue weighted by molar-refractivity contribution is 6.31. The van der Waals surface area contributed by atoms with Crippen molar-refractivity contribution in [2.45, 2.75) is 26.4 Å². The first-order valence-corrected chi connectivity index (χ1v) is 6.25. The molecule has 0 aliphatic carbocycles. The van der Waals surface area contributed by atoms with Crippen LogP contribution in [0.3, 0.4) is 0 Å². The number of aryl methyl sites for hydroxylation is 1. The van der Waals surface area contributed by atoms with Gasteiger partial charge in [-0.05, 0) is 50.6 Å². The Bertz CT molecular complexity index is 342. The largest absolute Gasteiger partial charge is 0.494 e. The number of benzene rings is 1. The van der Waals surface area contributed by atoms with E-state index in [9.17, 15) is 0 Å². The van der Waals surface area contributed by atoms with Crippen LogP contribution < -0.4 is 10.1 Å². The van der Waals surface area contributed by atoms with Gasteiger partial charge in [0.25, 0.3) is 0 Å². The topological polar surface area (TPSA) is 41.5 Å². The number of halogens is 1. The summed E-state index contributed by atoms with van der Waals surface area (Å²) in [6, 6.07) is 5.65. The van der Waals surface area contributed by atoms with Crippen LogP contribution in [0, 0.1) is 6.92 Å². The molecule has 0 aliphatic heterocycles. The molecule has 0 aliphatic rings. The Hall–Kier alpha value is -0.770. The molecule has 1 unspecified atom stereocenters. The molecule has 0 fully saturated rings. The van der Waals surface area contributed by atoms with E-state index in [0.717, 1.165) is 29.3 Å². The summed E-state index contributed by atoms with van der Waals surface area (Å²) < 4.78 is 5.59. The molecule has 17 heavy (non-hydrogen) atoms. The lowest BCUT2D eigenvalue weighted by molar-refractivity contribution is 0.190. The number of hydrogen-bond acceptors (Lipinski definition) is 3. The first-order valence-electron chi connectivity index (χ1n) is 5.87. The summed E-state index contributed by atoms with van der Waals surface area (Å²) in [6.45, 7) is 5.85. The smallest absolute Gasteiger partial charge is 0.119 e. The Kier molecular flexibility index (Phi) is 6.34. The Morgan fingerprint density at radius 1 is 1.47 bits per heavy atom. The van der Waals surface area contributed by atoms with Gasteiger partial charge in [-0.3, -0.25) is 0 Å². The summed E-state index contributed by atoms with van der Waals surface area (Å²) >= 11 is 5.92. The van der Waals surface area contributed by atoms with Crippen molar-refractivity contribution in [3.8, 4) is 5.75 Å². The highest BCUT2D eigenvalue weighted by atomic mass is 35.5. The molecule has 0 saturated heterocycles. The number of ether oxygens (including phenoxy) is 1. The molecule has 0 spiro atoms. The molecule has 0 bridgehead atoms. The van der Waals surface area contributed by atoms with Gasteiger partial charge in [-0.15, -0.1) is 0 Å². The monoisotopic (exact) mass is 257 g/mol. The van der Waals surface area contributed by atoms with Crippen LogP contribution in [-0.2, 0) is 0 Å². The zero-order chi connectivity index (χ0) is 12.7. The molecule has 1 rings (SSSR count). The van der Waals surface area contributed by atoms with Crippen molar-refractivity contribution in [1.82, 2.24) is 5.32 Å². The van der Waals surface area contributed by atoms with E-state index in [0.29, 0.717) is 13.2 Å². The maximum Gasteiger partial charge on any atom is 0.119 e. The molecule has 0 aromatic heterocycles. The van der Waals surface area contributed by atoms with Gasteiger partial charge >= 0.3 is 0 Å². The van der Waals surface area contributed by atoms with E-state index < -0.39 is 0 Å². The molecule has 1 atom stereocenters. The van der Waals surface area contributed by atoms with Crippen molar-refractivity contribution >= 4 is 11.6 Å². The lowest BCUT2D eigenvalue weighted by atomic mass is 10.2. The van der Waals surface area contributed by atoms with Gasteiger partial charge in [0.05, 0.1) is 12.7 Å². The third kappa shape index (κ3) is 5.91. The summed E-state index contributed by atoms with van der Waals surface area (Å²) in [4.78, 5) is 0. The van der Waals surface area contributed by atoms with Gasteiger partial charge in [0.1, 0.15) is 5.75 Å². The summed E-state index contributed by atoms with van der Waals surface area (Å²) in [6.07, 6.45) is 0.615. The molecule has 0 saturated carbocycles. The second-order valence-corrected chi connectivity index (χ2v) is 4.57. The average Bonchev–Trinajstić information content (AvgIpc) is 2.27. The minimum Gasteiger partial charge on any atom is -0.494 e. The van der Waals surface area contributed by atoms with Crippen LogP contribution in [0.2, 0.25) is 5.02 Å². The van der Waals surface area contributed by atoms with Gasteiger partial charge in [0, 0.05) is 11.6 Å². The summed E-state index contributed by atoms with van der Waals surface area (Å²) in [5.74, 6) is 0.849. The van der Waals surface area contributed by atoms with Crippen molar-refractivity contribution in [1.29, 1.82) is 0 Å². The third-order valence-electron chi connectivity index (χ3n) is 2.34. The number of nitrogens with one attached hydrogen (secondary N) is 1. The van der Waals surface area contributed by atoms with E-state index in [1.54, 1.807) is 6.92 Å². The van der Waals surface area contributed by atoms with Crippen LogP contribution >= 0.6 is 11.6 Å². The standard InChI is InChI=1S/C13H20ClNO2/c1-10-8-12(4-5-13(10)14)17-7-3-6-15-9-11(2)16/h4-5,8,11,15-16H,3,6-7,9H2,1-2H3. The van der Waals surface area contributed by atoms with Crippen LogP contribution in [0.4, 0.5) is 0 Å². The number of aliphatic hydroxyl groups is 1. The molecule has 1 aromatic carbocycles. The number of hydrogen-bond donors (Lipinski definition) is 2. The second-order valence-electron chi connectivity index (χ2n) is 4.17. The van der Waals surface area contributed by atoms with Crippen LogP contribution in [0.5, 0.6) is 5.75 Å². The van der Waals surface area contributed by atoms with E-state index >= 15 is 0 Å². The summed E-state index contributed by atoms with van der Waals surface area (Å²) in [7, 11) is 0. The molecular formula is C13H20ClNO2. The molecule has 0 amide bonds. The van der Waals surface area contributed by atoms with Crippen LogP contribution in [0.25, 0.3) is 0 Å². The minimum absolute atomic E-state index is 0.296. The molecule has 96 valence electrons. The van der Waals surface area contributed by atoms with Gasteiger partial charge in [-0.1, -0.05) is 11.6 Å². The summed E-state index contributed by atoms with van der Waals surface area (Å²) in [5.41, 5.74) is 1.02. The predicted molar refractivity (Wildman–Crippen MR) is 70.9 cm³/mol. The van der Waals surface area contributed by atoms with Crippen molar-refractivity contribution in [3.63, 3.8) is 0 Å². The van der Waals surface area contributed by atoms with Gasteiger partial charge in [-0.2, -0.15) is 0 Å². The van der Waals surface area contributed by atoms with Crippen LogP contribution in [-0.4, -0.2) is 30.9 Å². The molecule has 0 heterocycles. The molecular weight excluding hydrogens is 238 g/mol. The fourth-order valence-electron chi connectivity index (χ4n) is 1.41. The fraction of sp³-hybridized carbons (Fsp3) is 0.538. The molecule has 2 N–H and O–H groups in total. The third-order valence-corrected chi connectivity index (χ3v) is 2.76. The maximum absolute atomic E-state index is 9.04. The SMILES string of the molecule is Cc1cc(OCCCNCC(C)O)ccc1Cl. The fourth-order valence-corrected chi connectivity index (χ4v) is 1.52. The Balaban J connectivity index is 2.16. The second kappa shape index (κ2) is 7.54. The Morgan fingerprint density at radius 2 is 2.24 bits per heavy atom. The molecule has 0 radical (unpaired) electrons. The Labute approximate surface area is 108 Å². The lowest BCUT2D eigenvalue weighted by Crippen LogP contribution is -2.26. The van der Waals surface area contributed by atoms with Crippen molar-refractivity contribution in [3.05, 3.63) is 28.8 Å². The average molecular weight is 258 g/mol. The first-order chi connectivity index (χ1) is 8.09. The highest BCUT2D eigenvalue weighted by Crippen LogP contribution is 2.20. The molecule has 3 nitrogen and oxygen atoms in total.